The Morgan fingerprint density at radius 3 is 3.00 bits per heavy atom. The molecule has 0 fully saturated rings. The van der Waals surface area contributed by atoms with Crippen LogP contribution in [0.4, 0.5) is 0 Å². The van der Waals surface area contributed by atoms with Crippen LogP contribution in [0.25, 0.3) is 0 Å². The Kier molecular flexibility index (Phi) is 5.14. The van der Waals surface area contributed by atoms with E-state index in [1.165, 1.54) is 17.1 Å². The van der Waals surface area contributed by atoms with E-state index >= 15 is 0 Å². The Hall–Kier alpha value is -0.390. The van der Waals surface area contributed by atoms with Gasteiger partial charge in [0.05, 0.1) is 0 Å². The maximum atomic E-state index is 4.27. The molecule has 0 unspecified atom stereocenters. The standard InChI is InChI=1S/C9H15N3S2/c1-4-10-5-7(2)6-13-9-11-8(3)12-14-9/h10H,2,4-6H2,1,3H3. The summed E-state index contributed by atoms with van der Waals surface area (Å²) in [6.45, 7) is 9.87. The predicted octanol–water partition coefficient (Wildman–Crippen LogP) is 2.10. The lowest BCUT2D eigenvalue weighted by molar-refractivity contribution is 0.779. The molecule has 1 heterocycles. The van der Waals surface area contributed by atoms with Gasteiger partial charge in [-0.2, -0.15) is 4.37 Å². The molecule has 0 aliphatic carbocycles. The Morgan fingerprint density at radius 2 is 2.43 bits per heavy atom. The van der Waals surface area contributed by atoms with Gasteiger partial charge in [0, 0.05) is 12.3 Å². The van der Waals surface area contributed by atoms with Crippen LogP contribution < -0.4 is 5.32 Å². The van der Waals surface area contributed by atoms with E-state index in [0.29, 0.717) is 0 Å². The zero-order chi connectivity index (χ0) is 10.4. The van der Waals surface area contributed by atoms with Crippen molar-refractivity contribution in [1.82, 2.24) is 14.7 Å². The van der Waals surface area contributed by atoms with Crippen molar-refractivity contribution in [2.75, 3.05) is 18.8 Å². The van der Waals surface area contributed by atoms with Crippen LogP contribution in [-0.2, 0) is 0 Å². The van der Waals surface area contributed by atoms with E-state index in [1.807, 2.05) is 6.92 Å². The predicted molar refractivity (Wildman–Crippen MR) is 63.1 cm³/mol. The monoisotopic (exact) mass is 229 g/mol. The number of aromatic nitrogens is 2. The average molecular weight is 229 g/mol. The molecule has 0 atom stereocenters. The molecule has 0 saturated heterocycles. The lowest BCUT2D eigenvalue weighted by Gasteiger charge is -2.03. The van der Waals surface area contributed by atoms with Gasteiger partial charge in [0.1, 0.15) is 5.82 Å². The van der Waals surface area contributed by atoms with Gasteiger partial charge >= 0.3 is 0 Å². The molecule has 0 radical (unpaired) electrons. The first-order valence-electron chi connectivity index (χ1n) is 4.53. The summed E-state index contributed by atoms with van der Waals surface area (Å²) in [6.07, 6.45) is 0. The molecule has 1 N–H and O–H groups in total. The molecule has 0 amide bonds. The zero-order valence-corrected chi connectivity index (χ0v) is 10.2. The topological polar surface area (TPSA) is 37.8 Å². The van der Waals surface area contributed by atoms with E-state index in [-0.39, 0.29) is 0 Å². The lowest BCUT2D eigenvalue weighted by atomic mass is 10.3. The fourth-order valence-corrected chi connectivity index (χ4v) is 2.40. The SMILES string of the molecule is C=C(CNCC)CSc1nc(C)ns1. The van der Waals surface area contributed by atoms with E-state index in [1.54, 1.807) is 11.8 Å². The van der Waals surface area contributed by atoms with Crippen LogP contribution in [0.2, 0.25) is 0 Å². The Labute approximate surface area is 93.2 Å². The summed E-state index contributed by atoms with van der Waals surface area (Å²) in [5, 5.41) is 3.24. The fourth-order valence-electron chi connectivity index (χ4n) is 0.853. The van der Waals surface area contributed by atoms with Gasteiger partial charge in [0.25, 0.3) is 0 Å². The third-order valence-electron chi connectivity index (χ3n) is 1.53. The van der Waals surface area contributed by atoms with E-state index in [9.17, 15) is 0 Å². The van der Waals surface area contributed by atoms with Crippen LogP contribution in [0.5, 0.6) is 0 Å². The van der Waals surface area contributed by atoms with Crippen molar-refractivity contribution in [3.63, 3.8) is 0 Å². The first kappa shape index (κ1) is 11.7. The van der Waals surface area contributed by atoms with Gasteiger partial charge < -0.3 is 5.32 Å². The molecule has 1 rings (SSSR count). The van der Waals surface area contributed by atoms with Crippen LogP contribution >= 0.6 is 23.3 Å². The second kappa shape index (κ2) is 6.16. The summed E-state index contributed by atoms with van der Waals surface area (Å²) >= 11 is 3.16. The first-order chi connectivity index (χ1) is 6.72. The van der Waals surface area contributed by atoms with Gasteiger partial charge in [-0.25, -0.2) is 4.98 Å². The molecule has 0 bridgehead atoms. The minimum atomic E-state index is 0.856. The highest BCUT2D eigenvalue weighted by Crippen LogP contribution is 2.21. The number of rotatable bonds is 6. The Bertz CT molecular complexity index is 296. The summed E-state index contributed by atoms with van der Waals surface area (Å²) in [5.74, 6) is 1.77. The highest BCUT2D eigenvalue weighted by atomic mass is 32.2. The van der Waals surface area contributed by atoms with Crippen LogP contribution in [0, 0.1) is 6.92 Å². The summed E-state index contributed by atoms with van der Waals surface area (Å²) in [6, 6.07) is 0. The maximum Gasteiger partial charge on any atom is 0.170 e. The molecule has 0 aromatic carbocycles. The van der Waals surface area contributed by atoms with E-state index < -0.39 is 0 Å². The molecule has 0 spiro atoms. The van der Waals surface area contributed by atoms with E-state index in [2.05, 4.69) is 28.2 Å². The quantitative estimate of drug-likeness (QED) is 0.599. The minimum Gasteiger partial charge on any atom is -0.313 e. The number of nitrogens with zero attached hydrogens (tertiary/aromatic N) is 2. The van der Waals surface area contributed by atoms with E-state index in [4.69, 9.17) is 0 Å². The van der Waals surface area contributed by atoms with Crippen molar-refractivity contribution in [2.45, 2.75) is 18.2 Å². The molecule has 1 aromatic heterocycles. The fraction of sp³-hybridized carbons (Fsp3) is 0.556. The summed E-state index contributed by atoms with van der Waals surface area (Å²) < 4.78 is 5.15. The molecule has 1 aromatic rings. The Morgan fingerprint density at radius 1 is 1.64 bits per heavy atom. The number of hydrogen-bond donors (Lipinski definition) is 1. The Balaban J connectivity index is 2.23. The van der Waals surface area contributed by atoms with Gasteiger partial charge in [-0.1, -0.05) is 30.8 Å². The van der Waals surface area contributed by atoms with E-state index in [0.717, 1.165) is 29.0 Å². The minimum absolute atomic E-state index is 0.856. The van der Waals surface area contributed by atoms with Crippen molar-refractivity contribution in [3.05, 3.63) is 18.0 Å². The number of nitrogens with one attached hydrogen (secondary N) is 1. The van der Waals surface area contributed by atoms with Crippen molar-refractivity contribution >= 4 is 23.3 Å². The second-order valence-corrected chi connectivity index (χ2v) is 4.90. The maximum absolute atomic E-state index is 4.27. The van der Waals surface area contributed by atoms with Gasteiger partial charge in [-0.15, -0.1) is 0 Å². The lowest BCUT2D eigenvalue weighted by Crippen LogP contribution is -2.16. The molecule has 14 heavy (non-hydrogen) atoms. The number of aryl methyl sites for hydroxylation is 1. The summed E-state index contributed by atoms with van der Waals surface area (Å²) in [5.41, 5.74) is 1.20. The molecule has 0 saturated carbocycles. The number of likely N-dealkylation sites (N-methyl/N-ethyl adjacent to an activating group) is 1. The van der Waals surface area contributed by atoms with Crippen molar-refractivity contribution in [3.8, 4) is 0 Å². The summed E-state index contributed by atoms with van der Waals surface area (Å²) in [7, 11) is 0. The highest BCUT2D eigenvalue weighted by molar-refractivity contribution is 8.01. The van der Waals surface area contributed by atoms with Gasteiger partial charge in [-0.3, -0.25) is 0 Å². The molecular formula is C9H15N3S2. The van der Waals surface area contributed by atoms with Gasteiger partial charge in [0.15, 0.2) is 4.34 Å². The van der Waals surface area contributed by atoms with Crippen LogP contribution in [0.3, 0.4) is 0 Å². The summed E-state index contributed by atoms with van der Waals surface area (Å²) in [4.78, 5) is 4.27. The van der Waals surface area contributed by atoms with Crippen molar-refractivity contribution in [1.29, 1.82) is 0 Å². The number of thioether (sulfide) groups is 1. The smallest absolute Gasteiger partial charge is 0.170 e. The molecule has 0 aliphatic rings. The number of hydrogen-bond acceptors (Lipinski definition) is 5. The van der Waals surface area contributed by atoms with Crippen LogP contribution in [0.1, 0.15) is 12.7 Å². The molecular weight excluding hydrogens is 214 g/mol. The first-order valence-corrected chi connectivity index (χ1v) is 6.28. The second-order valence-electron chi connectivity index (χ2n) is 2.93. The molecule has 5 heteroatoms. The third kappa shape index (κ3) is 4.21. The van der Waals surface area contributed by atoms with Gasteiger partial charge in [-0.05, 0) is 25.0 Å². The van der Waals surface area contributed by atoms with Crippen molar-refractivity contribution < 1.29 is 0 Å². The van der Waals surface area contributed by atoms with Gasteiger partial charge in [0.2, 0.25) is 0 Å². The largest absolute Gasteiger partial charge is 0.313 e. The molecule has 3 nitrogen and oxygen atoms in total. The van der Waals surface area contributed by atoms with Crippen LogP contribution in [0.15, 0.2) is 16.5 Å². The normalized spacial score (nSPS) is 10.4. The third-order valence-corrected chi connectivity index (χ3v) is 3.60. The van der Waals surface area contributed by atoms with Crippen molar-refractivity contribution in [2.24, 2.45) is 0 Å². The van der Waals surface area contributed by atoms with Crippen LogP contribution in [-0.4, -0.2) is 28.2 Å². The highest BCUT2D eigenvalue weighted by Gasteiger charge is 2.01. The average Bonchev–Trinajstić information content (AvgIpc) is 2.58. The molecule has 78 valence electrons. The molecule has 0 aliphatic heterocycles. The zero-order valence-electron chi connectivity index (χ0n) is 8.54.